The van der Waals surface area contributed by atoms with E-state index in [2.05, 4.69) is 15.2 Å². The minimum atomic E-state index is -0.472. The van der Waals surface area contributed by atoms with E-state index in [0.717, 1.165) is 11.8 Å². The standard InChI is InChI=1S/C17H17N3O5S/c1-8-13(16(22)23-4)9(2)18-14(8)12(21)7-26-17-20-19-15(25-17)11-5-6-24-10(11)3/h5-6,18H,7H2,1-4H3. The Morgan fingerprint density at radius 2 is 2.04 bits per heavy atom. The molecule has 0 saturated carbocycles. The summed E-state index contributed by atoms with van der Waals surface area (Å²) in [5.41, 5.74) is 2.64. The van der Waals surface area contributed by atoms with E-state index in [1.807, 2.05) is 0 Å². The van der Waals surface area contributed by atoms with Crippen LogP contribution in [0.25, 0.3) is 11.5 Å². The second-order valence-corrected chi connectivity index (χ2v) is 6.52. The number of carbonyl (C=O) groups is 2. The highest BCUT2D eigenvalue weighted by Gasteiger charge is 2.23. The quantitative estimate of drug-likeness (QED) is 0.397. The van der Waals surface area contributed by atoms with Gasteiger partial charge in [0.2, 0.25) is 0 Å². The van der Waals surface area contributed by atoms with E-state index in [9.17, 15) is 9.59 Å². The summed E-state index contributed by atoms with van der Waals surface area (Å²) in [6, 6.07) is 1.74. The molecule has 26 heavy (non-hydrogen) atoms. The van der Waals surface area contributed by atoms with Crippen molar-refractivity contribution in [3.05, 3.63) is 40.6 Å². The second kappa shape index (κ2) is 7.20. The van der Waals surface area contributed by atoms with Gasteiger partial charge in [-0.05, 0) is 32.4 Å². The van der Waals surface area contributed by atoms with Crippen LogP contribution >= 0.6 is 11.8 Å². The van der Waals surface area contributed by atoms with E-state index in [1.165, 1.54) is 7.11 Å². The van der Waals surface area contributed by atoms with Crippen LogP contribution in [0.5, 0.6) is 0 Å². The average molecular weight is 375 g/mol. The van der Waals surface area contributed by atoms with Gasteiger partial charge < -0.3 is 18.6 Å². The first-order valence-electron chi connectivity index (χ1n) is 7.73. The lowest BCUT2D eigenvalue weighted by Gasteiger charge is -2.00. The zero-order valence-electron chi connectivity index (χ0n) is 14.7. The smallest absolute Gasteiger partial charge is 0.339 e. The fourth-order valence-electron chi connectivity index (χ4n) is 2.62. The molecule has 1 N–H and O–H groups in total. The first-order chi connectivity index (χ1) is 12.4. The summed E-state index contributed by atoms with van der Waals surface area (Å²) in [4.78, 5) is 27.3. The van der Waals surface area contributed by atoms with Crippen LogP contribution in [0.4, 0.5) is 0 Å². The first kappa shape index (κ1) is 18.0. The maximum atomic E-state index is 12.5. The number of hydrogen-bond donors (Lipinski definition) is 1. The summed E-state index contributed by atoms with van der Waals surface area (Å²) in [5, 5.41) is 8.18. The molecule has 136 valence electrons. The maximum Gasteiger partial charge on any atom is 0.339 e. The highest BCUT2D eigenvalue weighted by molar-refractivity contribution is 7.99. The summed E-state index contributed by atoms with van der Waals surface area (Å²) in [5.74, 6) is 0.457. The first-order valence-corrected chi connectivity index (χ1v) is 8.72. The molecule has 0 radical (unpaired) electrons. The van der Waals surface area contributed by atoms with Crippen molar-refractivity contribution in [3.8, 4) is 11.5 Å². The lowest BCUT2D eigenvalue weighted by atomic mass is 10.1. The Hall–Kier alpha value is -2.81. The number of furan rings is 1. The van der Waals surface area contributed by atoms with Gasteiger partial charge in [0, 0.05) is 5.69 Å². The number of esters is 1. The molecule has 0 fully saturated rings. The van der Waals surface area contributed by atoms with Gasteiger partial charge in [-0.1, -0.05) is 11.8 Å². The summed E-state index contributed by atoms with van der Waals surface area (Å²) >= 11 is 1.13. The molecule has 0 unspecified atom stereocenters. The molecular formula is C17H17N3O5S. The Bertz CT molecular complexity index is 969. The Kier molecular flexibility index (Phi) is 4.99. The number of hydrogen-bond acceptors (Lipinski definition) is 8. The molecule has 0 saturated heterocycles. The third kappa shape index (κ3) is 3.30. The molecular weight excluding hydrogens is 358 g/mol. The zero-order chi connectivity index (χ0) is 18.8. The van der Waals surface area contributed by atoms with E-state index in [1.54, 1.807) is 33.1 Å². The SMILES string of the molecule is COC(=O)c1c(C)[nH]c(C(=O)CSc2nnc(-c3ccoc3C)o2)c1C. The molecule has 8 nitrogen and oxygen atoms in total. The molecule has 3 rings (SSSR count). The van der Waals surface area contributed by atoms with E-state index >= 15 is 0 Å². The third-order valence-electron chi connectivity index (χ3n) is 3.93. The normalized spacial score (nSPS) is 10.9. The monoisotopic (exact) mass is 375 g/mol. The maximum absolute atomic E-state index is 12.5. The van der Waals surface area contributed by atoms with Gasteiger partial charge in [-0.25, -0.2) is 4.79 Å². The molecule has 0 aliphatic rings. The highest BCUT2D eigenvalue weighted by atomic mass is 32.2. The molecule has 9 heteroatoms. The molecule has 0 aliphatic carbocycles. The van der Waals surface area contributed by atoms with Gasteiger partial charge in [0.1, 0.15) is 5.76 Å². The van der Waals surface area contributed by atoms with Crippen LogP contribution in [0, 0.1) is 20.8 Å². The number of aromatic amines is 1. The van der Waals surface area contributed by atoms with Gasteiger partial charge in [-0.15, -0.1) is 10.2 Å². The number of nitrogens with zero attached hydrogens (tertiary/aromatic N) is 2. The molecule has 0 amide bonds. The lowest BCUT2D eigenvalue weighted by molar-refractivity contribution is 0.0599. The number of Topliss-reactive ketones (excluding diaryl/α,β-unsaturated/α-hetero) is 1. The predicted molar refractivity (Wildman–Crippen MR) is 93.4 cm³/mol. The van der Waals surface area contributed by atoms with Crippen molar-refractivity contribution < 1.29 is 23.2 Å². The van der Waals surface area contributed by atoms with Crippen LogP contribution in [-0.4, -0.2) is 39.8 Å². The number of thioether (sulfide) groups is 1. The number of ketones is 1. The van der Waals surface area contributed by atoms with Gasteiger partial charge in [-0.2, -0.15) is 0 Å². The van der Waals surface area contributed by atoms with Crippen LogP contribution in [0.15, 0.2) is 26.4 Å². The van der Waals surface area contributed by atoms with Gasteiger partial charge in [-0.3, -0.25) is 4.79 Å². The number of ether oxygens (including phenoxy) is 1. The molecule has 0 spiro atoms. The number of H-pyrrole nitrogens is 1. The molecule has 3 aromatic heterocycles. The van der Waals surface area contributed by atoms with Crippen LogP contribution in [-0.2, 0) is 4.74 Å². The number of methoxy groups -OCH3 is 1. The van der Waals surface area contributed by atoms with Crippen LogP contribution in [0.3, 0.4) is 0 Å². The Balaban J connectivity index is 1.71. The Morgan fingerprint density at radius 3 is 2.69 bits per heavy atom. The molecule has 0 bridgehead atoms. The van der Waals surface area contributed by atoms with Gasteiger partial charge >= 0.3 is 5.97 Å². The van der Waals surface area contributed by atoms with Crippen molar-refractivity contribution in [2.75, 3.05) is 12.9 Å². The van der Waals surface area contributed by atoms with Crippen molar-refractivity contribution in [2.45, 2.75) is 26.0 Å². The van der Waals surface area contributed by atoms with Gasteiger partial charge in [0.25, 0.3) is 11.1 Å². The van der Waals surface area contributed by atoms with E-state index < -0.39 is 5.97 Å². The van der Waals surface area contributed by atoms with E-state index in [4.69, 9.17) is 13.6 Å². The Morgan fingerprint density at radius 1 is 1.27 bits per heavy atom. The van der Waals surface area contributed by atoms with E-state index in [0.29, 0.717) is 39.7 Å². The summed E-state index contributed by atoms with van der Waals surface area (Å²) in [7, 11) is 1.31. The lowest BCUT2D eigenvalue weighted by Crippen LogP contribution is -2.07. The van der Waals surface area contributed by atoms with Crippen LogP contribution in [0.1, 0.15) is 37.9 Å². The molecule has 3 heterocycles. The molecule has 3 aromatic rings. The largest absolute Gasteiger partial charge is 0.469 e. The van der Waals surface area contributed by atoms with Crippen molar-refractivity contribution in [1.29, 1.82) is 0 Å². The number of rotatable bonds is 6. The van der Waals surface area contributed by atoms with Crippen LogP contribution < -0.4 is 0 Å². The fourth-order valence-corrected chi connectivity index (χ4v) is 3.26. The van der Waals surface area contributed by atoms with Gasteiger partial charge in [0.15, 0.2) is 5.78 Å². The molecule has 0 aromatic carbocycles. The number of carbonyl (C=O) groups excluding carboxylic acids is 2. The highest BCUT2D eigenvalue weighted by Crippen LogP contribution is 2.27. The number of aryl methyl sites for hydroxylation is 2. The topological polar surface area (TPSA) is 111 Å². The minimum absolute atomic E-state index is 0.0907. The summed E-state index contributed by atoms with van der Waals surface area (Å²) < 4.78 is 15.5. The minimum Gasteiger partial charge on any atom is -0.469 e. The predicted octanol–water partition coefficient (Wildman–Crippen LogP) is 3.34. The average Bonchev–Trinajstić information content (AvgIpc) is 3.31. The number of nitrogens with one attached hydrogen (secondary N) is 1. The van der Waals surface area contributed by atoms with Crippen LogP contribution in [0.2, 0.25) is 0 Å². The van der Waals surface area contributed by atoms with Crippen molar-refractivity contribution in [1.82, 2.24) is 15.2 Å². The second-order valence-electron chi connectivity index (χ2n) is 5.59. The Labute approximate surface area is 153 Å². The number of aromatic nitrogens is 3. The third-order valence-corrected chi connectivity index (χ3v) is 4.75. The molecule has 0 aliphatic heterocycles. The molecule has 0 atom stereocenters. The van der Waals surface area contributed by atoms with Gasteiger partial charge in [0.05, 0.1) is 35.9 Å². The summed E-state index contributed by atoms with van der Waals surface area (Å²) in [6.07, 6.45) is 1.54. The van der Waals surface area contributed by atoms with Crippen molar-refractivity contribution in [2.24, 2.45) is 0 Å². The summed E-state index contributed by atoms with van der Waals surface area (Å²) in [6.45, 7) is 5.23. The fraction of sp³-hybridized carbons (Fsp3) is 0.294. The van der Waals surface area contributed by atoms with Crippen molar-refractivity contribution >= 4 is 23.5 Å². The van der Waals surface area contributed by atoms with Crippen molar-refractivity contribution in [3.63, 3.8) is 0 Å². The van der Waals surface area contributed by atoms with E-state index in [-0.39, 0.29) is 16.8 Å². The zero-order valence-corrected chi connectivity index (χ0v) is 15.5.